The summed E-state index contributed by atoms with van der Waals surface area (Å²) in [5.41, 5.74) is 1.76. The predicted octanol–water partition coefficient (Wildman–Crippen LogP) is 4.23. The second-order valence-electron chi connectivity index (χ2n) is 8.32. The van der Waals surface area contributed by atoms with Crippen molar-refractivity contribution in [3.8, 4) is 0 Å². The summed E-state index contributed by atoms with van der Waals surface area (Å²) in [6.45, 7) is 1.97. The van der Waals surface area contributed by atoms with Crippen molar-refractivity contribution in [2.45, 2.75) is 25.8 Å². The van der Waals surface area contributed by atoms with E-state index in [9.17, 15) is 14.4 Å². The number of halogens is 1. The monoisotopic (exact) mass is 468 g/mol. The predicted molar refractivity (Wildman–Crippen MR) is 113 cm³/mol. The van der Waals surface area contributed by atoms with Crippen molar-refractivity contribution in [2.24, 2.45) is 23.7 Å². The number of imide groups is 1. The summed E-state index contributed by atoms with van der Waals surface area (Å²) in [5.74, 6) is -0.635. The Morgan fingerprint density at radius 3 is 2.30 bits per heavy atom. The second-order valence-corrected chi connectivity index (χ2v) is 9.10. The molecule has 1 aromatic heterocycles. The minimum Gasteiger partial charge on any atom is -0.452 e. The van der Waals surface area contributed by atoms with Gasteiger partial charge in [-0.2, -0.15) is 0 Å². The van der Waals surface area contributed by atoms with Crippen LogP contribution in [0.1, 0.15) is 30.2 Å². The third kappa shape index (κ3) is 3.12. The van der Waals surface area contributed by atoms with Crippen LogP contribution in [0.3, 0.4) is 0 Å². The van der Waals surface area contributed by atoms with Gasteiger partial charge in [0.05, 0.1) is 18.3 Å². The highest BCUT2D eigenvalue weighted by molar-refractivity contribution is 9.10. The fraction of sp³-hybridized carbons (Fsp3) is 0.348. The van der Waals surface area contributed by atoms with Gasteiger partial charge in [-0.15, -0.1) is 0 Å². The topological polar surface area (TPSA) is 79.6 Å². The number of hydrogen-bond acceptors (Lipinski definition) is 4. The van der Waals surface area contributed by atoms with Crippen LogP contribution in [0.4, 0.5) is 5.69 Å². The first-order valence-electron chi connectivity index (χ1n) is 10.1. The number of anilines is 1. The molecule has 0 radical (unpaired) electrons. The molecule has 2 aromatic rings. The van der Waals surface area contributed by atoms with Gasteiger partial charge in [-0.25, -0.2) is 0 Å². The van der Waals surface area contributed by atoms with Crippen molar-refractivity contribution in [3.05, 3.63) is 64.5 Å². The minimum absolute atomic E-state index is 0.0620. The van der Waals surface area contributed by atoms with E-state index in [1.54, 1.807) is 12.1 Å². The molecule has 154 valence electrons. The van der Waals surface area contributed by atoms with E-state index in [2.05, 4.69) is 33.4 Å². The molecule has 2 heterocycles. The lowest BCUT2D eigenvalue weighted by Crippen LogP contribution is -2.38. The Balaban J connectivity index is 1.42. The fourth-order valence-electron chi connectivity index (χ4n) is 5.08. The lowest BCUT2D eigenvalue weighted by Gasteiger charge is -2.26. The number of nitrogens with one attached hydrogen (secondary N) is 1. The first-order chi connectivity index (χ1) is 14.4. The number of carbonyl (C=O) groups is 3. The molecular formula is C23H21BrN2O4. The third-order valence-corrected chi connectivity index (χ3v) is 6.88. The van der Waals surface area contributed by atoms with Gasteiger partial charge >= 0.3 is 0 Å². The van der Waals surface area contributed by atoms with E-state index in [0.717, 1.165) is 12.0 Å². The molecule has 1 N–H and O–H groups in total. The van der Waals surface area contributed by atoms with Gasteiger partial charge in [0.15, 0.2) is 4.67 Å². The number of furan rings is 1. The van der Waals surface area contributed by atoms with Crippen molar-refractivity contribution in [1.82, 2.24) is 4.90 Å². The van der Waals surface area contributed by atoms with Gasteiger partial charge in [0.25, 0.3) is 0 Å². The standard InChI is InChI=1S/C23H21BrN2O4/c1-12-2-6-15(7-3-12)25-19(27)11-16(17-8-9-18(24)30-17)26-22(28)20-13-4-5-14(10-13)21(20)23(26)29/h2-9,13-14,16,20-21H,10-11H2,1H3,(H,25,27). The molecule has 1 saturated heterocycles. The van der Waals surface area contributed by atoms with Gasteiger partial charge in [0.2, 0.25) is 17.7 Å². The van der Waals surface area contributed by atoms with Crippen LogP contribution >= 0.6 is 15.9 Å². The molecule has 3 amide bonds. The summed E-state index contributed by atoms with van der Waals surface area (Å²) >= 11 is 3.28. The second kappa shape index (κ2) is 7.23. The number of benzene rings is 1. The molecule has 5 atom stereocenters. The Labute approximate surface area is 182 Å². The fourth-order valence-corrected chi connectivity index (χ4v) is 5.40. The summed E-state index contributed by atoms with van der Waals surface area (Å²) in [4.78, 5) is 40.6. The van der Waals surface area contributed by atoms with Crippen LogP contribution in [-0.2, 0) is 14.4 Å². The maximum atomic E-state index is 13.3. The average molecular weight is 469 g/mol. The van der Waals surface area contributed by atoms with Crippen LogP contribution in [0.5, 0.6) is 0 Å². The molecule has 3 aliphatic rings. The van der Waals surface area contributed by atoms with E-state index in [-0.39, 0.29) is 47.8 Å². The maximum absolute atomic E-state index is 13.3. The number of rotatable bonds is 5. The first kappa shape index (κ1) is 19.3. The molecule has 6 nitrogen and oxygen atoms in total. The van der Waals surface area contributed by atoms with E-state index in [1.165, 1.54) is 4.90 Å². The molecule has 7 heteroatoms. The number of carbonyl (C=O) groups excluding carboxylic acids is 3. The molecule has 5 rings (SSSR count). The number of aryl methyl sites for hydroxylation is 1. The van der Waals surface area contributed by atoms with E-state index in [0.29, 0.717) is 16.1 Å². The van der Waals surface area contributed by atoms with E-state index in [4.69, 9.17) is 4.42 Å². The van der Waals surface area contributed by atoms with Crippen molar-refractivity contribution in [2.75, 3.05) is 5.32 Å². The number of fused-ring (bicyclic) bond motifs is 5. The van der Waals surface area contributed by atoms with E-state index < -0.39 is 6.04 Å². The highest BCUT2D eigenvalue weighted by Crippen LogP contribution is 2.54. The normalized spacial score (nSPS) is 27.6. The van der Waals surface area contributed by atoms with Crippen molar-refractivity contribution in [1.29, 1.82) is 0 Å². The Morgan fingerprint density at radius 1 is 1.10 bits per heavy atom. The molecule has 2 fully saturated rings. The third-order valence-electron chi connectivity index (χ3n) is 6.45. The number of allylic oxidation sites excluding steroid dienone is 2. The van der Waals surface area contributed by atoms with Crippen LogP contribution in [0.25, 0.3) is 0 Å². The highest BCUT2D eigenvalue weighted by atomic mass is 79.9. The molecule has 5 unspecified atom stereocenters. The van der Waals surface area contributed by atoms with Crippen LogP contribution in [-0.4, -0.2) is 22.6 Å². The van der Waals surface area contributed by atoms with Crippen molar-refractivity contribution < 1.29 is 18.8 Å². The number of nitrogens with zero attached hydrogens (tertiary/aromatic N) is 1. The molecule has 1 saturated carbocycles. The average Bonchev–Trinajstić information content (AvgIpc) is 3.47. The lowest BCUT2D eigenvalue weighted by atomic mass is 9.85. The van der Waals surface area contributed by atoms with Crippen molar-refractivity contribution >= 4 is 39.3 Å². The molecule has 2 bridgehead atoms. The van der Waals surface area contributed by atoms with Crippen LogP contribution in [0.2, 0.25) is 0 Å². The number of hydrogen-bond donors (Lipinski definition) is 1. The zero-order valence-electron chi connectivity index (χ0n) is 16.4. The Kier molecular flexibility index (Phi) is 4.65. The SMILES string of the molecule is Cc1ccc(NC(=O)CC(c2ccc(Br)o2)N2C(=O)C3C4C=CC(C4)C3C2=O)cc1. The van der Waals surface area contributed by atoms with Gasteiger partial charge in [-0.1, -0.05) is 29.8 Å². The molecule has 30 heavy (non-hydrogen) atoms. The van der Waals surface area contributed by atoms with E-state index >= 15 is 0 Å². The Hall–Kier alpha value is -2.67. The summed E-state index contributed by atoms with van der Waals surface area (Å²) in [6, 6.07) is 10.1. The van der Waals surface area contributed by atoms with E-state index in [1.807, 2.05) is 31.2 Å². The smallest absolute Gasteiger partial charge is 0.234 e. The molecule has 2 aliphatic carbocycles. The maximum Gasteiger partial charge on any atom is 0.234 e. The molecule has 0 spiro atoms. The van der Waals surface area contributed by atoms with Gasteiger partial charge in [0, 0.05) is 5.69 Å². The van der Waals surface area contributed by atoms with Crippen LogP contribution < -0.4 is 5.32 Å². The lowest BCUT2D eigenvalue weighted by molar-refractivity contribution is -0.144. The number of amides is 3. The van der Waals surface area contributed by atoms with Gasteiger partial charge in [-0.05, 0) is 65.4 Å². The summed E-state index contributed by atoms with van der Waals surface area (Å²) in [7, 11) is 0. The Morgan fingerprint density at radius 2 is 1.73 bits per heavy atom. The Bertz CT molecular complexity index is 1030. The van der Waals surface area contributed by atoms with Gasteiger partial charge in [-0.3, -0.25) is 19.3 Å². The number of likely N-dealkylation sites (tertiary alicyclic amines) is 1. The van der Waals surface area contributed by atoms with Crippen molar-refractivity contribution in [3.63, 3.8) is 0 Å². The van der Waals surface area contributed by atoms with Gasteiger partial charge in [0.1, 0.15) is 11.8 Å². The zero-order chi connectivity index (χ0) is 21.0. The minimum atomic E-state index is -0.772. The molecular weight excluding hydrogens is 448 g/mol. The summed E-state index contributed by atoms with van der Waals surface area (Å²) < 4.78 is 6.18. The molecule has 1 aromatic carbocycles. The van der Waals surface area contributed by atoms with Gasteiger partial charge < -0.3 is 9.73 Å². The van der Waals surface area contributed by atoms with Crippen LogP contribution in [0, 0.1) is 30.6 Å². The van der Waals surface area contributed by atoms with Crippen LogP contribution in [0.15, 0.2) is 57.6 Å². The summed E-state index contributed by atoms with van der Waals surface area (Å²) in [6.07, 6.45) is 4.92. The molecule has 1 aliphatic heterocycles. The zero-order valence-corrected chi connectivity index (χ0v) is 18.0. The largest absolute Gasteiger partial charge is 0.452 e. The highest BCUT2D eigenvalue weighted by Gasteiger charge is 2.60. The first-order valence-corrected chi connectivity index (χ1v) is 10.9. The summed E-state index contributed by atoms with van der Waals surface area (Å²) in [5, 5.41) is 2.86. The quantitative estimate of drug-likeness (QED) is 0.525.